The summed E-state index contributed by atoms with van der Waals surface area (Å²) >= 11 is 0. The maximum atomic E-state index is 12.7. The van der Waals surface area contributed by atoms with Gasteiger partial charge in [-0.1, -0.05) is 164 Å². The van der Waals surface area contributed by atoms with Crippen LogP contribution in [-0.2, 0) is 37.4 Å². The number of unbranched alkanes of at least 4 members (excludes halogenated alkanes) is 14. The second-order valence-corrected chi connectivity index (χ2v) is 18.3. The van der Waals surface area contributed by atoms with Gasteiger partial charge in [-0.3, -0.25) is 18.6 Å². The lowest BCUT2D eigenvalue weighted by molar-refractivity contribution is -0.870. The highest BCUT2D eigenvalue weighted by atomic mass is 31.2. The summed E-state index contributed by atoms with van der Waals surface area (Å²) in [6.45, 7) is 4.21. The molecule has 1 rings (SSSR count). The molecule has 11 heteroatoms. The van der Waals surface area contributed by atoms with Crippen molar-refractivity contribution in [2.45, 2.75) is 186 Å². The van der Waals surface area contributed by atoms with Crippen molar-refractivity contribution in [2.24, 2.45) is 0 Å². The Bertz CT molecular complexity index is 1260. The number of carbonyl (C=O) groups excluding carboxylic acids is 2. The fraction of sp³-hybridized carbons (Fsp3) is 0.750. The zero-order valence-corrected chi connectivity index (χ0v) is 38.8. The van der Waals surface area contributed by atoms with Gasteiger partial charge in [-0.25, -0.2) is 4.57 Å². The first-order valence-electron chi connectivity index (χ1n) is 23.1. The molecule has 1 saturated heterocycles. The van der Waals surface area contributed by atoms with Gasteiger partial charge in [-0.15, -0.1) is 0 Å². The number of likely N-dealkylation sites (N-methyl/N-ethyl adjacent to an activating group) is 1. The summed E-state index contributed by atoms with van der Waals surface area (Å²) in [5.74, 6) is -0.900. The van der Waals surface area contributed by atoms with Crippen molar-refractivity contribution in [1.82, 2.24) is 0 Å². The van der Waals surface area contributed by atoms with Crippen molar-refractivity contribution in [3.8, 4) is 0 Å². The standard InChI is InChI=1S/C48H84NO9P/c1-6-8-10-11-12-13-14-15-16-17-22-25-28-31-35-39-48(51)57-44(43-56-59(52,53)55-41-40-49(3,4)5)42-54-47(50)38-34-30-27-24-21-19-18-20-23-26-29-33-37-46-45(58-46)36-32-9-7-2/h9,19-21,23,27,29-30,32-33,44-46H,6-8,10-18,22,24-26,28,31,34-43H2,1-5H3/p+1/b21-19-,23-20-,30-27-,32-9-,33-29-/t44-,45?,46?/m1/s1. The lowest BCUT2D eigenvalue weighted by Crippen LogP contribution is -2.37. The Balaban J connectivity index is 2.30. The minimum absolute atomic E-state index is 0.0174. The summed E-state index contributed by atoms with van der Waals surface area (Å²) in [7, 11) is 1.43. The predicted octanol–water partition coefficient (Wildman–Crippen LogP) is 12.2. The summed E-state index contributed by atoms with van der Waals surface area (Å²) in [6, 6.07) is 0. The molecule has 0 amide bonds. The van der Waals surface area contributed by atoms with Crippen LogP contribution in [0.4, 0.5) is 0 Å². The van der Waals surface area contributed by atoms with E-state index >= 15 is 0 Å². The number of phosphoric ester groups is 1. The molecule has 10 nitrogen and oxygen atoms in total. The zero-order valence-electron chi connectivity index (χ0n) is 37.9. The first-order valence-corrected chi connectivity index (χ1v) is 24.6. The van der Waals surface area contributed by atoms with E-state index in [9.17, 15) is 19.0 Å². The molecule has 0 saturated carbocycles. The number of quaternary nitrogens is 1. The van der Waals surface area contributed by atoms with Gasteiger partial charge in [0.05, 0.1) is 40.0 Å². The highest BCUT2D eigenvalue weighted by molar-refractivity contribution is 7.47. The molecule has 59 heavy (non-hydrogen) atoms. The molecular formula is C48H85NO9P+. The van der Waals surface area contributed by atoms with Crippen LogP contribution >= 0.6 is 7.82 Å². The molecule has 1 aliphatic rings. The van der Waals surface area contributed by atoms with Gasteiger partial charge in [0, 0.05) is 12.8 Å². The average molecular weight is 851 g/mol. The van der Waals surface area contributed by atoms with Gasteiger partial charge in [-0.2, -0.15) is 0 Å². The van der Waals surface area contributed by atoms with Crippen LogP contribution in [0, 0.1) is 0 Å². The van der Waals surface area contributed by atoms with Crippen LogP contribution in [0.3, 0.4) is 0 Å². The Hall–Kier alpha value is -2.33. The van der Waals surface area contributed by atoms with E-state index in [0.29, 0.717) is 36.1 Å². The van der Waals surface area contributed by atoms with E-state index < -0.39 is 32.5 Å². The van der Waals surface area contributed by atoms with Gasteiger partial charge >= 0.3 is 19.8 Å². The highest BCUT2D eigenvalue weighted by Gasteiger charge is 2.36. The lowest BCUT2D eigenvalue weighted by Gasteiger charge is -2.24. The van der Waals surface area contributed by atoms with E-state index in [1.54, 1.807) is 0 Å². The molecule has 1 N–H and O–H groups in total. The van der Waals surface area contributed by atoms with E-state index in [0.717, 1.165) is 57.8 Å². The maximum Gasteiger partial charge on any atom is 0.472 e. The molecule has 1 fully saturated rings. The smallest absolute Gasteiger partial charge is 0.462 e. The summed E-state index contributed by atoms with van der Waals surface area (Å²) in [4.78, 5) is 35.4. The van der Waals surface area contributed by atoms with Crippen molar-refractivity contribution in [3.05, 3.63) is 60.8 Å². The molecule has 4 atom stereocenters. The Labute approximate surface area is 360 Å². The van der Waals surface area contributed by atoms with Gasteiger partial charge in [0.2, 0.25) is 0 Å². The number of rotatable bonds is 40. The minimum atomic E-state index is -4.40. The Morgan fingerprint density at radius 3 is 1.64 bits per heavy atom. The monoisotopic (exact) mass is 851 g/mol. The fourth-order valence-corrected chi connectivity index (χ4v) is 7.00. The first kappa shape index (κ1) is 54.7. The molecule has 340 valence electrons. The molecule has 0 radical (unpaired) electrons. The molecular weight excluding hydrogens is 765 g/mol. The largest absolute Gasteiger partial charge is 0.472 e. The molecule has 1 heterocycles. The molecule has 0 aliphatic carbocycles. The lowest BCUT2D eigenvalue weighted by atomic mass is 10.0. The van der Waals surface area contributed by atoms with Gasteiger partial charge in [0.25, 0.3) is 0 Å². The minimum Gasteiger partial charge on any atom is -0.462 e. The Kier molecular flexibility index (Phi) is 33.7. The van der Waals surface area contributed by atoms with Crippen molar-refractivity contribution in [1.29, 1.82) is 0 Å². The number of hydrogen-bond acceptors (Lipinski definition) is 8. The number of carbonyl (C=O) groups is 2. The van der Waals surface area contributed by atoms with Crippen molar-refractivity contribution < 1.29 is 46.8 Å². The molecule has 0 aromatic rings. The number of epoxide rings is 1. The van der Waals surface area contributed by atoms with Crippen LogP contribution in [0.5, 0.6) is 0 Å². The third-order valence-electron chi connectivity index (χ3n) is 9.98. The summed E-state index contributed by atoms with van der Waals surface area (Å²) < 4.78 is 39.9. The third kappa shape index (κ3) is 37.2. The van der Waals surface area contributed by atoms with Gasteiger partial charge in [0.15, 0.2) is 6.10 Å². The number of nitrogens with zero attached hydrogens (tertiary/aromatic N) is 1. The number of esters is 2. The van der Waals surface area contributed by atoms with E-state index in [4.69, 9.17) is 23.3 Å². The quantitative estimate of drug-likeness (QED) is 0.0160. The number of allylic oxidation sites excluding steroid dienone is 8. The second kappa shape index (κ2) is 36.3. The normalized spacial score (nSPS) is 17.5. The highest BCUT2D eigenvalue weighted by Crippen LogP contribution is 2.43. The molecule has 1 aliphatic heterocycles. The maximum absolute atomic E-state index is 12.7. The summed E-state index contributed by atoms with van der Waals surface area (Å²) in [5, 5.41) is 0. The van der Waals surface area contributed by atoms with Crippen LogP contribution in [0.15, 0.2) is 60.8 Å². The third-order valence-corrected chi connectivity index (χ3v) is 11.0. The van der Waals surface area contributed by atoms with Gasteiger partial charge < -0.3 is 23.6 Å². The molecule has 3 unspecified atom stereocenters. The summed E-state index contributed by atoms with van der Waals surface area (Å²) in [5.41, 5.74) is 0. The topological polar surface area (TPSA) is 121 Å². The van der Waals surface area contributed by atoms with Crippen LogP contribution in [0.1, 0.15) is 168 Å². The van der Waals surface area contributed by atoms with Crippen molar-refractivity contribution in [3.63, 3.8) is 0 Å². The average Bonchev–Trinajstić information content (AvgIpc) is 3.94. The number of hydrogen-bond donors (Lipinski definition) is 1. The van der Waals surface area contributed by atoms with E-state index in [1.165, 1.54) is 70.6 Å². The SMILES string of the molecule is CC/C=C\CC1OC1C/C=C\C/C=C\C/C=C\C/C=C\CCC(=O)OC[C@H](COP(=O)(O)OCC[N+](C)(C)C)OC(=O)CCCCCCCCCCCCCCCCC. The van der Waals surface area contributed by atoms with Crippen molar-refractivity contribution >= 4 is 19.8 Å². The number of ether oxygens (including phenoxy) is 3. The number of phosphoric acid groups is 1. The van der Waals surface area contributed by atoms with Crippen LogP contribution in [0.2, 0.25) is 0 Å². The van der Waals surface area contributed by atoms with Gasteiger partial charge in [-0.05, 0) is 51.4 Å². The molecule has 0 aromatic heterocycles. The van der Waals surface area contributed by atoms with E-state index in [2.05, 4.69) is 62.5 Å². The molecule has 0 aromatic carbocycles. The second-order valence-electron chi connectivity index (χ2n) is 16.8. The van der Waals surface area contributed by atoms with Crippen LogP contribution in [0.25, 0.3) is 0 Å². The van der Waals surface area contributed by atoms with Crippen LogP contribution in [-0.4, -0.2) is 87.1 Å². The molecule has 0 bridgehead atoms. The first-order chi connectivity index (χ1) is 28.5. The fourth-order valence-electron chi connectivity index (χ4n) is 6.26. The van der Waals surface area contributed by atoms with Crippen LogP contribution < -0.4 is 0 Å². The van der Waals surface area contributed by atoms with E-state index in [1.807, 2.05) is 33.3 Å². The van der Waals surface area contributed by atoms with E-state index in [-0.39, 0.29) is 26.1 Å². The predicted molar refractivity (Wildman–Crippen MR) is 242 cm³/mol. The zero-order chi connectivity index (χ0) is 43.3. The molecule has 0 spiro atoms. The Morgan fingerprint density at radius 1 is 0.627 bits per heavy atom. The Morgan fingerprint density at radius 2 is 1.12 bits per heavy atom. The summed E-state index contributed by atoms with van der Waals surface area (Å²) in [6.07, 6.45) is 46.1. The van der Waals surface area contributed by atoms with Crippen molar-refractivity contribution in [2.75, 3.05) is 47.5 Å². The van der Waals surface area contributed by atoms with Gasteiger partial charge in [0.1, 0.15) is 19.8 Å².